The molecule has 1 N–H and O–H groups in total. The van der Waals surface area contributed by atoms with Gasteiger partial charge in [-0.25, -0.2) is 14.6 Å². The minimum atomic E-state index is -0.603. The molecule has 0 aliphatic carbocycles. The van der Waals surface area contributed by atoms with Crippen molar-refractivity contribution in [1.82, 2.24) is 19.7 Å². The summed E-state index contributed by atoms with van der Waals surface area (Å²) in [5.41, 5.74) is 3.10. The molecular formula is C22H27N5O3. The van der Waals surface area contributed by atoms with E-state index >= 15 is 0 Å². The summed E-state index contributed by atoms with van der Waals surface area (Å²) in [6.07, 6.45) is 1.40. The maximum Gasteiger partial charge on any atom is 0.164 e. The average Bonchev–Trinajstić information content (AvgIpc) is 3.25. The summed E-state index contributed by atoms with van der Waals surface area (Å²) in [6, 6.07) is 12.1. The van der Waals surface area contributed by atoms with Gasteiger partial charge in [0.25, 0.3) is 0 Å². The lowest BCUT2D eigenvalue weighted by Crippen LogP contribution is -2.41. The third kappa shape index (κ3) is 4.35. The van der Waals surface area contributed by atoms with E-state index in [9.17, 15) is 5.11 Å². The highest BCUT2D eigenvalue weighted by molar-refractivity contribution is 5.60. The first-order valence-electron chi connectivity index (χ1n) is 10.1. The smallest absolute Gasteiger partial charge is 0.164 e. The van der Waals surface area contributed by atoms with E-state index < -0.39 is 6.10 Å². The summed E-state index contributed by atoms with van der Waals surface area (Å²) < 4.78 is 12.8. The fourth-order valence-corrected chi connectivity index (χ4v) is 3.56. The van der Waals surface area contributed by atoms with Crippen LogP contribution in [0.1, 0.15) is 24.4 Å². The largest absolute Gasteiger partial charge is 0.393 e. The molecule has 3 heterocycles. The third-order valence-corrected chi connectivity index (χ3v) is 5.16. The van der Waals surface area contributed by atoms with Gasteiger partial charge in [-0.15, -0.1) is 0 Å². The van der Waals surface area contributed by atoms with E-state index in [1.54, 1.807) is 4.68 Å². The number of nitrogens with zero attached hydrogens (tertiary/aromatic N) is 5. The number of aliphatic hydroxyl groups excluding tert-OH is 1. The van der Waals surface area contributed by atoms with Crippen LogP contribution in [0.3, 0.4) is 0 Å². The summed E-state index contributed by atoms with van der Waals surface area (Å²) in [7, 11) is 1.54. The molecule has 0 radical (unpaired) electrons. The molecule has 0 spiro atoms. The molecule has 158 valence electrons. The van der Waals surface area contributed by atoms with Gasteiger partial charge in [-0.2, -0.15) is 5.10 Å². The molecule has 3 aromatic rings. The second-order valence-electron chi connectivity index (χ2n) is 7.49. The van der Waals surface area contributed by atoms with E-state index in [0.29, 0.717) is 18.2 Å². The SMILES string of the molecule is CO[C@H](CO)c1nc(N2CCO[C@@H](C)C2)cc(-n2ccc(-c3cccc(C)c3)n2)n1. The van der Waals surface area contributed by atoms with Crippen LogP contribution < -0.4 is 4.90 Å². The highest BCUT2D eigenvalue weighted by atomic mass is 16.5. The van der Waals surface area contributed by atoms with Crippen molar-refractivity contribution in [2.45, 2.75) is 26.1 Å². The van der Waals surface area contributed by atoms with Crippen molar-refractivity contribution in [1.29, 1.82) is 0 Å². The fourth-order valence-electron chi connectivity index (χ4n) is 3.56. The number of anilines is 1. The Labute approximate surface area is 176 Å². The first-order chi connectivity index (χ1) is 14.6. The van der Waals surface area contributed by atoms with E-state index in [-0.39, 0.29) is 12.7 Å². The summed E-state index contributed by atoms with van der Waals surface area (Å²) >= 11 is 0. The Kier molecular flexibility index (Phi) is 6.08. The van der Waals surface area contributed by atoms with Gasteiger partial charge in [0.15, 0.2) is 11.6 Å². The number of morpholine rings is 1. The van der Waals surface area contributed by atoms with Crippen molar-refractivity contribution in [2.75, 3.05) is 38.3 Å². The molecular weight excluding hydrogens is 382 g/mol. The molecule has 0 bridgehead atoms. The number of aromatic nitrogens is 4. The number of aliphatic hydroxyl groups is 1. The number of aryl methyl sites for hydroxylation is 1. The van der Waals surface area contributed by atoms with Gasteiger partial charge in [-0.1, -0.05) is 23.8 Å². The van der Waals surface area contributed by atoms with Crippen LogP contribution in [0.25, 0.3) is 17.1 Å². The second-order valence-corrected chi connectivity index (χ2v) is 7.49. The highest BCUT2D eigenvalue weighted by Gasteiger charge is 2.22. The van der Waals surface area contributed by atoms with Crippen LogP contribution in [0.2, 0.25) is 0 Å². The van der Waals surface area contributed by atoms with Crippen molar-refractivity contribution in [3.63, 3.8) is 0 Å². The van der Waals surface area contributed by atoms with Gasteiger partial charge in [-0.05, 0) is 26.0 Å². The topological polar surface area (TPSA) is 85.5 Å². The maximum atomic E-state index is 9.70. The monoisotopic (exact) mass is 409 g/mol. The van der Waals surface area contributed by atoms with Crippen LogP contribution in [-0.2, 0) is 9.47 Å². The Morgan fingerprint density at radius 3 is 2.80 bits per heavy atom. The first-order valence-corrected chi connectivity index (χ1v) is 10.1. The molecule has 0 unspecified atom stereocenters. The van der Waals surface area contributed by atoms with Gasteiger partial charge < -0.3 is 19.5 Å². The molecule has 1 aromatic carbocycles. The van der Waals surface area contributed by atoms with Crippen molar-refractivity contribution in [2.24, 2.45) is 0 Å². The van der Waals surface area contributed by atoms with Crippen molar-refractivity contribution >= 4 is 5.82 Å². The molecule has 1 saturated heterocycles. The molecule has 8 heteroatoms. The van der Waals surface area contributed by atoms with Gasteiger partial charge in [0.1, 0.15) is 11.9 Å². The number of hydrogen-bond donors (Lipinski definition) is 1. The number of hydrogen-bond acceptors (Lipinski definition) is 7. The zero-order chi connectivity index (χ0) is 21.1. The summed E-state index contributed by atoms with van der Waals surface area (Å²) in [5.74, 6) is 1.83. The van der Waals surface area contributed by atoms with Crippen LogP contribution in [0.4, 0.5) is 5.82 Å². The summed E-state index contributed by atoms with van der Waals surface area (Å²) in [5, 5.41) is 14.4. The normalized spacial score (nSPS) is 17.9. The average molecular weight is 409 g/mol. The zero-order valence-corrected chi connectivity index (χ0v) is 17.5. The highest BCUT2D eigenvalue weighted by Crippen LogP contribution is 2.24. The lowest BCUT2D eigenvalue weighted by molar-refractivity contribution is 0.0418. The van der Waals surface area contributed by atoms with Gasteiger partial charge >= 0.3 is 0 Å². The lowest BCUT2D eigenvalue weighted by Gasteiger charge is -2.32. The number of benzene rings is 1. The van der Waals surface area contributed by atoms with E-state index in [4.69, 9.17) is 14.6 Å². The molecule has 30 heavy (non-hydrogen) atoms. The van der Waals surface area contributed by atoms with Gasteiger partial charge in [-0.3, -0.25) is 0 Å². The van der Waals surface area contributed by atoms with Gasteiger partial charge in [0.05, 0.1) is 25.0 Å². The molecule has 8 nitrogen and oxygen atoms in total. The molecule has 1 fully saturated rings. The van der Waals surface area contributed by atoms with E-state index in [1.807, 2.05) is 37.4 Å². The lowest BCUT2D eigenvalue weighted by atomic mass is 10.1. The molecule has 4 rings (SSSR count). The Bertz CT molecular complexity index is 1000. The number of methoxy groups -OCH3 is 1. The zero-order valence-electron chi connectivity index (χ0n) is 17.5. The van der Waals surface area contributed by atoms with Gasteiger partial charge in [0.2, 0.25) is 0 Å². The minimum Gasteiger partial charge on any atom is -0.393 e. The number of rotatable bonds is 6. The van der Waals surface area contributed by atoms with Gasteiger partial charge in [0, 0.05) is 38.0 Å². The van der Waals surface area contributed by atoms with Crippen molar-refractivity contribution in [3.8, 4) is 17.1 Å². The Morgan fingerprint density at radius 1 is 1.23 bits per heavy atom. The maximum absolute atomic E-state index is 9.70. The molecule has 2 aromatic heterocycles. The van der Waals surface area contributed by atoms with E-state index in [0.717, 1.165) is 30.2 Å². The molecule has 1 aliphatic rings. The predicted octanol–water partition coefficient (Wildman–Crippen LogP) is 2.54. The Morgan fingerprint density at radius 2 is 2.07 bits per heavy atom. The van der Waals surface area contributed by atoms with Crippen molar-refractivity contribution < 1.29 is 14.6 Å². The van der Waals surface area contributed by atoms with Crippen molar-refractivity contribution in [3.05, 3.63) is 54.0 Å². The number of ether oxygens (including phenoxy) is 2. The first kappa shape index (κ1) is 20.5. The van der Waals surface area contributed by atoms with E-state index in [1.165, 1.54) is 12.7 Å². The summed E-state index contributed by atoms with van der Waals surface area (Å²) in [4.78, 5) is 11.5. The fraction of sp³-hybridized carbons (Fsp3) is 0.409. The van der Waals surface area contributed by atoms with Crippen LogP contribution in [0.15, 0.2) is 42.6 Å². The van der Waals surface area contributed by atoms with Crippen LogP contribution in [0, 0.1) is 6.92 Å². The standard InChI is InChI=1S/C22H27N5O3/c1-15-5-4-6-17(11-15)18-7-8-27(25-18)21-12-20(26-9-10-30-16(2)13-26)23-22(24-21)19(14-28)29-3/h4-8,11-12,16,19,28H,9-10,13-14H2,1-3H3/t16-,19+/m0/s1. The molecule has 0 saturated carbocycles. The quantitative estimate of drug-likeness (QED) is 0.670. The molecule has 1 aliphatic heterocycles. The summed E-state index contributed by atoms with van der Waals surface area (Å²) in [6.45, 7) is 6.02. The van der Waals surface area contributed by atoms with Crippen LogP contribution >= 0.6 is 0 Å². The molecule has 2 atom stereocenters. The van der Waals surface area contributed by atoms with Crippen LogP contribution in [0.5, 0.6) is 0 Å². The third-order valence-electron chi connectivity index (χ3n) is 5.16. The Hall–Kier alpha value is -2.81. The molecule has 0 amide bonds. The Balaban J connectivity index is 1.73. The second kappa shape index (κ2) is 8.91. The minimum absolute atomic E-state index is 0.120. The van der Waals surface area contributed by atoms with E-state index in [2.05, 4.69) is 33.9 Å². The predicted molar refractivity (Wildman–Crippen MR) is 114 cm³/mol. The van der Waals surface area contributed by atoms with Crippen LogP contribution in [-0.4, -0.2) is 64.4 Å².